The van der Waals surface area contributed by atoms with Gasteiger partial charge in [0.25, 0.3) is 0 Å². The van der Waals surface area contributed by atoms with Gasteiger partial charge in [-0.3, -0.25) is 19.2 Å². The second-order valence-corrected chi connectivity index (χ2v) is 12.1. The topological polar surface area (TPSA) is 105 Å². The van der Waals surface area contributed by atoms with E-state index in [-0.39, 0.29) is 23.7 Å². The second kappa shape index (κ2) is 8.96. The number of ketones is 1. The third kappa shape index (κ3) is 3.65. The van der Waals surface area contributed by atoms with E-state index in [2.05, 4.69) is 27.7 Å². The standard InChI is InChI=1S/C28H40O8/c1-14(2)28-13-33-15(3)23(28)26(7)12-11-19-20(32)9-10-21(34-16(4)29)27(19,8)24(26)22(35-17(5)30)25(28)36-18(6)31/h9-10,14-15,19,21-25H,11-13H2,1-8H3. The van der Waals surface area contributed by atoms with Gasteiger partial charge >= 0.3 is 17.9 Å². The van der Waals surface area contributed by atoms with E-state index in [9.17, 15) is 19.2 Å². The fourth-order valence-electron chi connectivity index (χ4n) is 8.92. The highest BCUT2D eigenvalue weighted by atomic mass is 16.6. The first-order chi connectivity index (χ1) is 16.7. The Morgan fingerprint density at radius 2 is 1.61 bits per heavy atom. The fourth-order valence-corrected chi connectivity index (χ4v) is 8.92. The molecule has 2 saturated carbocycles. The monoisotopic (exact) mass is 504 g/mol. The van der Waals surface area contributed by atoms with E-state index in [1.165, 1.54) is 26.8 Å². The molecule has 0 spiro atoms. The summed E-state index contributed by atoms with van der Waals surface area (Å²) in [4.78, 5) is 50.5. The summed E-state index contributed by atoms with van der Waals surface area (Å²) in [5.41, 5.74) is -1.92. The van der Waals surface area contributed by atoms with Crippen molar-refractivity contribution in [2.45, 2.75) is 92.6 Å². The maximum Gasteiger partial charge on any atom is 0.303 e. The summed E-state index contributed by atoms with van der Waals surface area (Å²) in [6.45, 7) is 14.9. The Morgan fingerprint density at radius 1 is 1.00 bits per heavy atom. The number of hydrogen-bond donors (Lipinski definition) is 0. The zero-order valence-electron chi connectivity index (χ0n) is 22.7. The summed E-state index contributed by atoms with van der Waals surface area (Å²) < 4.78 is 24.4. The van der Waals surface area contributed by atoms with Crippen LogP contribution in [0.5, 0.6) is 0 Å². The van der Waals surface area contributed by atoms with Crippen LogP contribution in [-0.2, 0) is 38.1 Å². The zero-order chi connectivity index (χ0) is 26.8. The minimum atomic E-state index is -0.880. The maximum atomic E-state index is 13.3. The summed E-state index contributed by atoms with van der Waals surface area (Å²) in [7, 11) is 0. The van der Waals surface area contributed by atoms with Crippen molar-refractivity contribution in [3.63, 3.8) is 0 Å². The van der Waals surface area contributed by atoms with E-state index >= 15 is 0 Å². The van der Waals surface area contributed by atoms with Crippen LogP contribution in [0.3, 0.4) is 0 Å². The van der Waals surface area contributed by atoms with Gasteiger partial charge in [0.2, 0.25) is 0 Å². The van der Waals surface area contributed by atoms with E-state index < -0.39 is 64.3 Å². The highest BCUT2D eigenvalue weighted by Crippen LogP contribution is 2.72. The average molecular weight is 505 g/mol. The lowest BCUT2D eigenvalue weighted by Crippen LogP contribution is -2.74. The lowest BCUT2D eigenvalue weighted by atomic mass is 9.36. The van der Waals surface area contributed by atoms with Crippen molar-refractivity contribution in [1.29, 1.82) is 0 Å². The van der Waals surface area contributed by atoms with Gasteiger partial charge < -0.3 is 18.9 Å². The highest BCUT2D eigenvalue weighted by Gasteiger charge is 2.76. The Hall–Kier alpha value is -2.22. The Balaban J connectivity index is 2.01. The van der Waals surface area contributed by atoms with Gasteiger partial charge in [-0.25, -0.2) is 0 Å². The van der Waals surface area contributed by atoms with E-state index in [0.29, 0.717) is 19.4 Å². The van der Waals surface area contributed by atoms with Gasteiger partial charge in [-0.2, -0.15) is 0 Å². The van der Waals surface area contributed by atoms with Crippen molar-refractivity contribution in [3.8, 4) is 0 Å². The molecule has 4 rings (SSSR count). The molecular weight excluding hydrogens is 464 g/mol. The normalized spacial score (nSPS) is 45.4. The van der Waals surface area contributed by atoms with E-state index in [1.807, 2.05) is 6.92 Å². The van der Waals surface area contributed by atoms with Crippen molar-refractivity contribution < 1.29 is 38.1 Å². The number of hydrogen-bond acceptors (Lipinski definition) is 8. The molecule has 0 bridgehead atoms. The van der Waals surface area contributed by atoms with Crippen LogP contribution in [0.1, 0.15) is 68.2 Å². The number of allylic oxidation sites excluding steroid dienone is 1. The summed E-state index contributed by atoms with van der Waals surface area (Å²) in [5.74, 6) is -2.27. The van der Waals surface area contributed by atoms with Gasteiger partial charge in [-0.05, 0) is 43.3 Å². The zero-order valence-corrected chi connectivity index (χ0v) is 22.7. The lowest BCUT2D eigenvalue weighted by Gasteiger charge is -2.68. The van der Waals surface area contributed by atoms with Crippen LogP contribution in [0.4, 0.5) is 0 Å². The maximum absolute atomic E-state index is 13.3. The van der Waals surface area contributed by atoms with Crippen LogP contribution in [0, 0.1) is 39.9 Å². The van der Waals surface area contributed by atoms with Gasteiger partial charge in [-0.1, -0.05) is 27.7 Å². The van der Waals surface area contributed by atoms with E-state index in [0.717, 1.165) is 0 Å². The van der Waals surface area contributed by atoms with Gasteiger partial charge in [0.15, 0.2) is 5.78 Å². The van der Waals surface area contributed by atoms with Crippen molar-refractivity contribution in [2.75, 3.05) is 6.61 Å². The SMILES string of the molecule is CC(=O)OC1C2C(C)(CCC3C(=O)C=CC(OC(C)=O)C32C)C2C(C)OCC2(C(C)C)C1OC(C)=O. The third-order valence-corrected chi connectivity index (χ3v) is 9.97. The Labute approximate surface area is 213 Å². The Kier molecular flexibility index (Phi) is 6.68. The molecule has 0 amide bonds. The van der Waals surface area contributed by atoms with Gasteiger partial charge in [0.05, 0.1) is 12.7 Å². The molecule has 0 aromatic heterocycles. The van der Waals surface area contributed by atoms with Crippen LogP contribution in [0.15, 0.2) is 12.2 Å². The molecule has 8 nitrogen and oxygen atoms in total. The average Bonchev–Trinajstić information content (AvgIpc) is 3.11. The number of esters is 3. The molecule has 10 unspecified atom stereocenters. The molecule has 3 aliphatic carbocycles. The molecule has 1 aliphatic heterocycles. The summed E-state index contributed by atoms with van der Waals surface area (Å²) >= 11 is 0. The fraction of sp³-hybridized carbons (Fsp3) is 0.786. The van der Waals surface area contributed by atoms with E-state index in [1.54, 1.807) is 6.08 Å². The van der Waals surface area contributed by atoms with Gasteiger partial charge in [0.1, 0.15) is 18.3 Å². The van der Waals surface area contributed by atoms with Crippen molar-refractivity contribution in [3.05, 3.63) is 12.2 Å². The minimum absolute atomic E-state index is 0.0232. The summed E-state index contributed by atoms with van der Waals surface area (Å²) in [6, 6.07) is 0. The third-order valence-electron chi connectivity index (χ3n) is 9.97. The number of rotatable bonds is 4. The highest BCUT2D eigenvalue weighted by molar-refractivity contribution is 5.94. The quantitative estimate of drug-likeness (QED) is 0.422. The molecule has 200 valence electrons. The smallest absolute Gasteiger partial charge is 0.303 e. The molecule has 0 aromatic rings. The van der Waals surface area contributed by atoms with Crippen LogP contribution < -0.4 is 0 Å². The van der Waals surface area contributed by atoms with Crippen LogP contribution >= 0.6 is 0 Å². The number of carbonyl (C=O) groups is 4. The molecule has 0 aromatic carbocycles. The molecule has 8 heteroatoms. The molecule has 1 heterocycles. The summed E-state index contributed by atoms with van der Waals surface area (Å²) in [6.07, 6.45) is 2.05. The largest absolute Gasteiger partial charge is 0.458 e. The van der Waals surface area contributed by atoms with Crippen LogP contribution in [-0.4, -0.2) is 54.7 Å². The predicted molar refractivity (Wildman–Crippen MR) is 129 cm³/mol. The van der Waals surface area contributed by atoms with Crippen LogP contribution in [0.25, 0.3) is 0 Å². The molecule has 0 N–H and O–H groups in total. The number of fused-ring (bicyclic) bond motifs is 5. The Morgan fingerprint density at radius 3 is 2.17 bits per heavy atom. The van der Waals surface area contributed by atoms with Crippen molar-refractivity contribution in [1.82, 2.24) is 0 Å². The molecule has 4 aliphatic rings. The van der Waals surface area contributed by atoms with Crippen molar-refractivity contribution >= 4 is 23.7 Å². The Bertz CT molecular complexity index is 986. The first kappa shape index (κ1) is 26.8. The van der Waals surface area contributed by atoms with E-state index in [4.69, 9.17) is 18.9 Å². The molecule has 10 atom stereocenters. The van der Waals surface area contributed by atoms with Gasteiger partial charge in [0, 0.05) is 49.4 Å². The molecule has 36 heavy (non-hydrogen) atoms. The van der Waals surface area contributed by atoms with Crippen molar-refractivity contribution in [2.24, 2.45) is 39.9 Å². The second-order valence-electron chi connectivity index (χ2n) is 12.1. The molecule has 1 saturated heterocycles. The first-order valence-corrected chi connectivity index (χ1v) is 13.1. The molecule has 0 radical (unpaired) electrons. The lowest BCUT2D eigenvalue weighted by molar-refractivity contribution is -0.278. The number of ether oxygens (including phenoxy) is 4. The van der Waals surface area contributed by atoms with Gasteiger partial charge in [-0.15, -0.1) is 0 Å². The predicted octanol–water partition coefficient (Wildman–Crippen LogP) is 3.65. The minimum Gasteiger partial charge on any atom is -0.458 e. The first-order valence-electron chi connectivity index (χ1n) is 13.1. The number of carbonyl (C=O) groups excluding carboxylic acids is 4. The molecular formula is C28H40O8. The van der Waals surface area contributed by atoms with Crippen LogP contribution in [0.2, 0.25) is 0 Å². The molecule has 3 fully saturated rings. The summed E-state index contributed by atoms with van der Waals surface area (Å²) in [5, 5.41) is 0.